The monoisotopic (exact) mass is 413 g/mol. The topological polar surface area (TPSA) is 59.4 Å². The molecule has 2 aromatic heterocycles. The van der Waals surface area contributed by atoms with Crippen molar-refractivity contribution < 1.29 is 14.6 Å². The van der Waals surface area contributed by atoms with Crippen LogP contribution in [0.2, 0.25) is 0 Å². The summed E-state index contributed by atoms with van der Waals surface area (Å²) in [5.74, 6) is -0.944. The second-order valence-corrected chi connectivity index (χ2v) is 10.8. The van der Waals surface area contributed by atoms with Crippen LogP contribution < -0.4 is 0 Å². The Morgan fingerprint density at radius 3 is 2.45 bits per heavy atom. The van der Waals surface area contributed by atoms with E-state index in [0.29, 0.717) is 0 Å². The summed E-state index contributed by atoms with van der Waals surface area (Å²) in [6.45, 7) is 12.3. The highest BCUT2D eigenvalue weighted by molar-refractivity contribution is 7.16. The smallest absolute Gasteiger partial charge is 0.337 e. The molecular weight excluding hydrogens is 382 g/mol. The summed E-state index contributed by atoms with van der Waals surface area (Å²) in [5.41, 5.74) is 3.87. The summed E-state index contributed by atoms with van der Waals surface area (Å²) in [6.07, 6.45) is 7.89. The van der Waals surface area contributed by atoms with E-state index in [1.54, 1.807) is 23.7 Å². The summed E-state index contributed by atoms with van der Waals surface area (Å²) in [6, 6.07) is 3.98. The zero-order chi connectivity index (χ0) is 21.4. The highest BCUT2D eigenvalue weighted by atomic mass is 32.1. The first-order valence-corrected chi connectivity index (χ1v) is 10.9. The molecule has 0 fully saturated rings. The second kappa shape index (κ2) is 8.04. The molecule has 29 heavy (non-hydrogen) atoms. The van der Waals surface area contributed by atoms with Gasteiger partial charge in [0.25, 0.3) is 0 Å². The minimum Gasteiger partial charge on any atom is -0.479 e. The number of carbonyl (C=O) groups is 1. The molecule has 0 unspecified atom stereocenters. The molecule has 0 spiro atoms. The SMILES string of the molecule is Cc1sc(-c2ccncc2)c(C2=CCC(C)(C)CC2)c1[C@H](OC(C)(C)C)C(=O)O. The minimum absolute atomic E-state index is 0.277. The Morgan fingerprint density at radius 1 is 1.28 bits per heavy atom. The standard InChI is InChI=1S/C24H31NO3S/c1-15-18(20(22(26)27)28-23(2,3)4)19(16-7-11-24(5,6)12-8-16)21(29-15)17-9-13-25-14-10-17/h7,9-10,13-14,20H,8,11-12H2,1-6H3,(H,26,27)/t20-/m0/s1. The van der Waals surface area contributed by atoms with E-state index in [1.165, 1.54) is 5.57 Å². The minimum atomic E-state index is -0.993. The first-order valence-electron chi connectivity index (χ1n) is 10.1. The Kier molecular flexibility index (Phi) is 6.02. The molecular formula is C24H31NO3S. The predicted octanol–water partition coefficient (Wildman–Crippen LogP) is 6.65. The van der Waals surface area contributed by atoms with Crippen LogP contribution in [0.4, 0.5) is 0 Å². The van der Waals surface area contributed by atoms with Crippen LogP contribution in [0.15, 0.2) is 30.6 Å². The molecule has 0 amide bonds. The number of carboxylic acid groups (broad SMARTS) is 1. The van der Waals surface area contributed by atoms with Gasteiger partial charge in [0.1, 0.15) is 0 Å². The molecule has 1 aliphatic carbocycles. The number of aliphatic carboxylic acids is 1. The molecule has 0 saturated carbocycles. The number of thiophene rings is 1. The van der Waals surface area contributed by atoms with Crippen molar-refractivity contribution in [1.82, 2.24) is 4.98 Å². The number of aromatic nitrogens is 1. The zero-order valence-corrected chi connectivity index (χ0v) is 19.0. The van der Waals surface area contributed by atoms with Crippen LogP contribution in [0.3, 0.4) is 0 Å². The Morgan fingerprint density at radius 2 is 1.93 bits per heavy atom. The van der Waals surface area contributed by atoms with Crippen molar-refractivity contribution in [3.05, 3.63) is 46.6 Å². The summed E-state index contributed by atoms with van der Waals surface area (Å²) in [7, 11) is 0. The molecule has 0 saturated heterocycles. The molecule has 0 aliphatic heterocycles. The lowest BCUT2D eigenvalue weighted by Crippen LogP contribution is -2.28. The normalized spacial score (nSPS) is 17.7. The van der Waals surface area contributed by atoms with Gasteiger partial charge in [-0.2, -0.15) is 0 Å². The van der Waals surface area contributed by atoms with Crippen molar-refractivity contribution in [2.45, 2.75) is 72.5 Å². The average molecular weight is 414 g/mol. The Balaban J connectivity index is 2.22. The third-order valence-corrected chi connectivity index (χ3v) is 6.49. The number of rotatable bonds is 5. The van der Waals surface area contributed by atoms with E-state index in [0.717, 1.165) is 45.7 Å². The summed E-state index contributed by atoms with van der Waals surface area (Å²) >= 11 is 1.65. The maximum absolute atomic E-state index is 12.3. The third kappa shape index (κ3) is 4.96. The zero-order valence-electron chi connectivity index (χ0n) is 18.2. The van der Waals surface area contributed by atoms with Gasteiger partial charge in [0.15, 0.2) is 6.10 Å². The van der Waals surface area contributed by atoms with Crippen molar-refractivity contribution in [2.75, 3.05) is 0 Å². The fourth-order valence-corrected chi connectivity index (χ4v) is 5.01. The molecule has 2 aromatic rings. The maximum Gasteiger partial charge on any atom is 0.337 e. The van der Waals surface area contributed by atoms with Crippen LogP contribution in [0.1, 0.15) is 76.0 Å². The van der Waals surface area contributed by atoms with E-state index in [2.05, 4.69) is 24.9 Å². The largest absolute Gasteiger partial charge is 0.479 e. The summed E-state index contributed by atoms with van der Waals surface area (Å²) in [4.78, 5) is 18.5. The number of hydrogen-bond donors (Lipinski definition) is 1. The van der Waals surface area contributed by atoms with Crippen molar-refractivity contribution in [1.29, 1.82) is 0 Å². The number of allylic oxidation sites excluding steroid dienone is 2. The number of nitrogens with zero attached hydrogens (tertiary/aromatic N) is 1. The lowest BCUT2D eigenvalue weighted by atomic mass is 9.76. The molecule has 156 valence electrons. The van der Waals surface area contributed by atoms with E-state index in [4.69, 9.17) is 4.74 Å². The molecule has 1 aliphatic rings. The van der Waals surface area contributed by atoms with Crippen LogP contribution in [0.25, 0.3) is 16.0 Å². The molecule has 2 heterocycles. The molecule has 0 radical (unpaired) electrons. The van der Waals surface area contributed by atoms with Gasteiger partial charge in [0, 0.05) is 33.3 Å². The maximum atomic E-state index is 12.3. The first kappa shape index (κ1) is 21.7. The molecule has 5 heteroatoms. The molecule has 4 nitrogen and oxygen atoms in total. The summed E-state index contributed by atoms with van der Waals surface area (Å²) < 4.78 is 6.06. The number of carboxylic acids is 1. The fraction of sp³-hybridized carbons (Fsp3) is 0.500. The Hall–Kier alpha value is -1.98. The van der Waals surface area contributed by atoms with Crippen molar-refractivity contribution in [3.63, 3.8) is 0 Å². The fourth-order valence-electron chi connectivity index (χ4n) is 3.79. The van der Waals surface area contributed by atoms with Gasteiger partial charge in [-0.3, -0.25) is 4.98 Å². The lowest BCUT2D eigenvalue weighted by molar-refractivity contribution is -0.160. The van der Waals surface area contributed by atoms with Gasteiger partial charge in [0.2, 0.25) is 0 Å². The average Bonchev–Trinajstić information content (AvgIpc) is 2.96. The molecule has 0 aromatic carbocycles. The lowest BCUT2D eigenvalue weighted by Gasteiger charge is -2.30. The van der Waals surface area contributed by atoms with Crippen LogP contribution in [0, 0.1) is 12.3 Å². The van der Waals surface area contributed by atoms with Crippen LogP contribution >= 0.6 is 11.3 Å². The van der Waals surface area contributed by atoms with Gasteiger partial charge in [-0.1, -0.05) is 19.9 Å². The Labute approximate surface area is 177 Å². The van der Waals surface area contributed by atoms with Gasteiger partial charge in [-0.25, -0.2) is 4.79 Å². The van der Waals surface area contributed by atoms with Gasteiger partial charge >= 0.3 is 5.97 Å². The van der Waals surface area contributed by atoms with E-state index in [1.807, 2.05) is 39.8 Å². The summed E-state index contributed by atoms with van der Waals surface area (Å²) in [5, 5.41) is 10.1. The second-order valence-electron chi connectivity index (χ2n) is 9.56. The third-order valence-electron chi connectivity index (χ3n) is 5.32. The van der Waals surface area contributed by atoms with Crippen molar-refractivity contribution in [3.8, 4) is 10.4 Å². The number of ether oxygens (including phenoxy) is 1. The van der Waals surface area contributed by atoms with Gasteiger partial charge in [-0.05, 0) is 75.6 Å². The Bertz CT molecular complexity index is 920. The quantitative estimate of drug-likeness (QED) is 0.596. The van der Waals surface area contributed by atoms with Crippen molar-refractivity contribution >= 4 is 22.9 Å². The number of aryl methyl sites for hydroxylation is 1. The van der Waals surface area contributed by atoms with Crippen LogP contribution in [0.5, 0.6) is 0 Å². The van der Waals surface area contributed by atoms with Crippen molar-refractivity contribution in [2.24, 2.45) is 5.41 Å². The van der Waals surface area contributed by atoms with Gasteiger partial charge < -0.3 is 9.84 Å². The highest BCUT2D eigenvalue weighted by Crippen LogP contribution is 2.48. The molecule has 0 bridgehead atoms. The van der Waals surface area contributed by atoms with E-state index in [9.17, 15) is 9.90 Å². The molecule has 3 rings (SSSR count). The molecule has 1 atom stereocenters. The van der Waals surface area contributed by atoms with E-state index < -0.39 is 17.7 Å². The number of hydrogen-bond acceptors (Lipinski definition) is 4. The first-order chi connectivity index (χ1) is 13.5. The van der Waals surface area contributed by atoms with Crippen LogP contribution in [-0.2, 0) is 9.53 Å². The highest BCUT2D eigenvalue weighted by Gasteiger charge is 2.35. The van der Waals surface area contributed by atoms with E-state index in [-0.39, 0.29) is 5.41 Å². The number of pyridine rings is 1. The van der Waals surface area contributed by atoms with Gasteiger partial charge in [-0.15, -0.1) is 11.3 Å². The van der Waals surface area contributed by atoms with Gasteiger partial charge in [0.05, 0.1) is 5.60 Å². The predicted molar refractivity (Wildman–Crippen MR) is 119 cm³/mol. The molecule has 1 N–H and O–H groups in total. The van der Waals surface area contributed by atoms with E-state index >= 15 is 0 Å². The van der Waals surface area contributed by atoms with Crippen LogP contribution in [-0.4, -0.2) is 21.7 Å².